The summed E-state index contributed by atoms with van der Waals surface area (Å²) in [6.45, 7) is 8.80. The van der Waals surface area contributed by atoms with E-state index in [2.05, 4.69) is 5.32 Å². The molecule has 1 aliphatic carbocycles. The number of rotatable bonds is 4. The maximum Gasteiger partial charge on any atom is 0.318 e. The molecular weight excluding hydrogens is 242 g/mol. The Morgan fingerprint density at radius 2 is 1.89 bits per heavy atom. The standard InChI is InChI=1S/C14H25N3O2/c1-9(2)16-8-7-12(13(16)18)15-14(19)17(10(3)4)11-5-6-11/h9-12H,5-8H2,1-4H3,(H,15,19). The first-order valence-electron chi connectivity index (χ1n) is 7.31. The van der Waals surface area contributed by atoms with Gasteiger partial charge in [0.15, 0.2) is 0 Å². The quantitative estimate of drug-likeness (QED) is 0.840. The van der Waals surface area contributed by atoms with Crippen LogP contribution >= 0.6 is 0 Å². The molecule has 108 valence electrons. The molecule has 2 aliphatic rings. The molecule has 0 bridgehead atoms. The molecule has 1 atom stereocenters. The maximum absolute atomic E-state index is 12.3. The van der Waals surface area contributed by atoms with Crippen LogP contribution in [-0.2, 0) is 4.79 Å². The number of carbonyl (C=O) groups is 2. The van der Waals surface area contributed by atoms with E-state index in [1.165, 1.54) is 0 Å². The number of carbonyl (C=O) groups excluding carboxylic acids is 2. The predicted octanol–water partition coefficient (Wildman–Crippen LogP) is 1.58. The summed E-state index contributed by atoms with van der Waals surface area (Å²) in [6.07, 6.45) is 2.89. The van der Waals surface area contributed by atoms with Gasteiger partial charge in [0, 0.05) is 24.7 Å². The molecule has 0 spiro atoms. The van der Waals surface area contributed by atoms with Gasteiger partial charge in [-0.25, -0.2) is 4.79 Å². The zero-order valence-electron chi connectivity index (χ0n) is 12.3. The van der Waals surface area contributed by atoms with Crippen LogP contribution in [0.25, 0.3) is 0 Å². The van der Waals surface area contributed by atoms with Gasteiger partial charge in [0.1, 0.15) is 6.04 Å². The molecule has 0 aromatic rings. The molecule has 0 aromatic carbocycles. The van der Waals surface area contributed by atoms with Gasteiger partial charge in [-0.05, 0) is 47.0 Å². The number of amides is 3. The van der Waals surface area contributed by atoms with Gasteiger partial charge in [-0.15, -0.1) is 0 Å². The summed E-state index contributed by atoms with van der Waals surface area (Å²) in [6, 6.07) is 0.346. The third kappa shape index (κ3) is 3.01. The van der Waals surface area contributed by atoms with E-state index >= 15 is 0 Å². The molecule has 0 aromatic heterocycles. The van der Waals surface area contributed by atoms with Gasteiger partial charge >= 0.3 is 6.03 Å². The summed E-state index contributed by atoms with van der Waals surface area (Å²) in [4.78, 5) is 28.2. The average Bonchev–Trinajstić information content (AvgIpc) is 3.04. The fourth-order valence-corrected chi connectivity index (χ4v) is 2.75. The summed E-state index contributed by atoms with van der Waals surface area (Å²) in [5, 5.41) is 2.91. The highest BCUT2D eigenvalue weighted by Crippen LogP contribution is 2.28. The van der Waals surface area contributed by atoms with Crippen LogP contribution in [0.3, 0.4) is 0 Å². The van der Waals surface area contributed by atoms with E-state index in [1.54, 1.807) is 0 Å². The van der Waals surface area contributed by atoms with Crippen molar-refractivity contribution in [3.8, 4) is 0 Å². The van der Waals surface area contributed by atoms with E-state index in [9.17, 15) is 9.59 Å². The van der Waals surface area contributed by atoms with Crippen LogP contribution in [0.5, 0.6) is 0 Å². The zero-order valence-corrected chi connectivity index (χ0v) is 12.3. The molecule has 3 amide bonds. The van der Waals surface area contributed by atoms with Crippen LogP contribution in [-0.4, -0.2) is 52.5 Å². The van der Waals surface area contributed by atoms with Crippen molar-refractivity contribution in [1.82, 2.24) is 15.1 Å². The van der Waals surface area contributed by atoms with Crippen LogP contribution < -0.4 is 5.32 Å². The third-order valence-corrected chi connectivity index (χ3v) is 3.89. The first-order chi connectivity index (χ1) is 8.91. The normalized spacial score (nSPS) is 23.4. The van der Waals surface area contributed by atoms with Gasteiger partial charge in [-0.1, -0.05) is 0 Å². The molecular formula is C14H25N3O2. The molecule has 0 radical (unpaired) electrons. The van der Waals surface area contributed by atoms with Gasteiger partial charge in [-0.3, -0.25) is 4.79 Å². The van der Waals surface area contributed by atoms with E-state index in [-0.39, 0.29) is 30.1 Å². The summed E-state index contributed by atoms with van der Waals surface area (Å²) in [5.41, 5.74) is 0. The van der Waals surface area contributed by atoms with Gasteiger partial charge in [-0.2, -0.15) is 0 Å². The minimum absolute atomic E-state index is 0.0582. The first-order valence-corrected chi connectivity index (χ1v) is 7.31. The Kier molecular flexibility index (Phi) is 4.02. The Hall–Kier alpha value is -1.26. The van der Waals surface area contributed by atoms with Crippen LogP contribution in [0.15, 0.2) is 0 Å². The monoisotopic (exact) mass is 267 g/mol. The summed E-state index contributed by atoms with van der Waals surface area (Å²) < 4.78 is 0. The summed E-state index contributed by atoms with van der Waals surface area (Å²) >= 11 is 0. The molecule has 2 rings (SSSR count). The zero-order chi connectivity index (χ0) is 14.2. The highest BCUT2D eigenvalue weighted by molar-refractivity contribution is 5.89. The maximum atomic E-state index is 12.3. The molecule has 1 saturated carbocycles. The second-order valence-electron chi connectivity index (χ2n) is 6.15. The lowest BCUT2D eigenvalue weighted by atomic mass is 10.2. The smallest absolute Gasteiger partial charge is 0.318 e. The molecule has 1 unspecified atom stereocenters. The molecule has 1 heterocycles. The molecule has 1 N–H and O–H groups in total. The average molecular weight is 267 g/mol. The van der Waals surface area contributed by atoms with Gasteiger partial charge in [0.05, 0.1) is 0 Å². The van der Waals surface area contributed by atoms with Crippen molar-refractivity contribution in [1.29, 1.82) is 0 Å². The van der Waals surface area contributed by atoms with Crippen LogP contribution in [0.1, 0.15) is 47.0 Å². The van der Waals surface area contributed by atoms with Crippen LogP contribution in [0.2, 0.25) is 0 Å². The molecule has 19 heavy (non-hydrogen) atoms. The predicted molar refractivity (Wildman–Crippen MR) is 73.8 cm³/mol. The van der Waals surface area contributed by atoms with Crippen molar-refractivity contribution in [2.45, 2.75) is 71.1 Å². The Balaban J connectivity index is 1.94. The highest BCUT2D eigenvalue weighted by atomic mass is 16.2. The minimum Gasteiger partial charge on any atom is -0.338 e. The Labute approximate surface area is 115 Å². The Bertz CT molecular complexity index is 362. The van der Waals surface area contributed by atoms with Crippen LogP contribution in [0.4, 0.5) is 4.79 Å². The SMILES string of the molecule is CC(C)N1CCC(NC(=O)N(C(C)C)C2CC2)C1=O. The van der Waals surface area contributed by atoms with E-state index in [4.69, 9.17) is 0 Å². The van der Waals surface area contributed by atoms with Gasteiger partial charge in [0.2, 0.25) is 5.91 Å². The van der Waals surface area contributed by atoms with Crippen molar-refractivity contribution < 1.29 is 9.59 Å². The Morgan fingerprint density at radius 1 is 1.26 bits per heavy atom. The lowest BCUT2D eigenvalue weighted by Crippen LogP contribution is -2.51. The summed E-state index contributed by atoms with van der Waals surface area (Å²) in [7, 11) is 0. The van der Waals surface area contributed by atoms with Crippen molar-refractivity contribution >= 4 is 11.9 Å². The fourth-order valence-electron chi connectivity index (χ4n) is 2.75. The molecule has 2 fully saturated rings. The number of nitrogens with one attached hydrogen (secondary N) is 1. The lowest BCUT2D eigenvalue weighted by molar-refractivity contribution is -0.130. The van der Waals surface area contributed by atoms with Crippen molar-refractivity contribution in [2.75, 3.05) is 6.54 Å². The minimum atomic E-state index is -0.338. The molecule has 1 saturated heterocycles. The third-order valence-electron chi connectivity index (χ3n) is 3.89. The second kappa shape index (κ2) is 5.39. The van der Waals surface area contributed by atoms with Gasteiger partial charge < -0.3 is 15.1 Å². The summed E-state index contributed by atoms with van der Waals surface area (Å²) in [5.74, 6) is 0.0582. The van der Waals surface area contributed by atoms with E-state index in [1.807, 2.05) is 37.5 Å². The number of hydrogen-bond acceptors (Lipinski definition) is 2. The molecule has 1 aliphatic heterocycles. The molecule has 5 nitrogen and oxygen atoms in total. The van der Waals surface area contributed by atoms with Gasteiger partial charge in [0.25, 0.3) is 0 Å². The van der Waals surface area contributed by atoms with Crippen molar-refractivity contribution in [3.63, 3.8) is 0 Å². The van der Waals surface area contributed by atoms with Crippen molar-refractivity contribution in [2.24, 2.45) is 0 Å². The van der Waals surface area contributed by atoms with Crippen molar-refractivity contribution in [3.05, 3.63) is 0 Å². The van der Waals surface area contributed by atoms with E-state index in [0.717, 1.165) is 25.8 Å². The largest absolute Gasteiger partial charge is 0.338 e. The Morgan fingerprint density at radius 3 is 2.32 bits per heavy atom. The van der Waals surface area contributed by atoms with E-state index < -0.39 is 0 Å². The number of hydrogen-bond donors (Lipinski definition) is 1. The fraction of sp³-hybridized carbons (Fsp3) is 0.857. The topological polar surface area (TPSA) is 52.7 Å². The van der Waals surface area contributed by atoms with E-state index in [0.29, 0.717) is 6.04 Å². The first kappa shape index (κ1) is 14.2. The molecule has 5 heteroatoms. The number of likely N-dealkylation sites (tertiary alicyclic amines) is 1. The number of nitrogens with zero attached hydrogens (tertiary/aromatic N) is 2. The highest BCUT2D eigenvalue weighted by Gasteiger charge is 2.38. The van der Waals surface area contributed by atoms with Crippen LogP contribution in [0, 0.1) is 0 Å². The lowest BCUT2D eigenvalue weighted by Gasteiger charge is -2.28. The number of urea groups is 1. The second-order valence-corrected chi connectivity index (χ2v) is 6.15.